The summed E-state index contributed by atoms with van der Waals surface area (Å²) < 4.78 is 5.90. The number of carbonyl (C=O) groups excluding carboxylic acids is 2. The molecule has 2 unspecified atom stereocenters. The van der Waals surface area contributed by atoms with Crippen molar-refractivity contribution in [1.82, 2.24) is 10.2 Å². The molecule has 122 valence electrons. The second-order valence-corrected chi connectivity index (χ2v) is 5.13. The number of rotatable bonds is 4. The molecule has 2 atom stereocenters. The minimum atomic E-state index is -0.329. The van der Waals surface area contributed by atoms with Crippen molar-refractivity contribution < 1.29 is 14.3 Å². The Bertz CT molecular complexity index is 498. The lowest BCUT2D eigenvalue weighted by Gasteiger charge is -2.37. The van der Waals surface area contributed by atoms with E-state index in [9.17, 15) is 9.59 Å². The number of hydrogen-bond donors (Lipinski definition) is 2. The zero-order valence-electron chi connectivity index (χ0n) is 12.5. The molecule has 1 aromatic rings. The lowest BCUT2D eigenvalue weighted by molar-refractivity contribution is -0.144. The van der Waals surface area contributed by atoms with Crippen LogP contribution in [-0.2, 0) is 14.3 Å². The quantitative estimate of drug-likeness (QED) is 0.842. The van der Waals surface area contributed by atoms with Crippen molar-refractivity contribution in [2.75, 3.05) is 26.2 Å². The van der Waals surface area contributed by atoms with E-state index in [0.717, 1.165) is 5.56 Å². The highest BCUT2D eigenvalue weighted by molar-refractivity contribution is 5.85. The molecule has 1 aliphatic heterocycles. The molecule has 7 heteroatoms. The Labute approximate surface area is 136 Å². The number of carbonyl (C=O) groups is 2. The van der Waals surface area contributed by atoms with Gasteiger partial charge in [0.15, 0.2) is 0 Å². The lowest BCUT2D eigenvalue weighted by atomic mass is 10.1. The first-order valence-electron chi connectivity index (χ1n) is 7.05. The molecule has 2 rings (SSSR count). The van der Waals surface area contributed by atoms with Gasteiger partial charge in [-0.3, -0.25) is 9.59 Å². The largest absolute Gasteiger partial charge is 0.367 e. The first-order chi connectivity index (χ1) is 10.1. The number of nitrogens with one attached hydrogen (secondary N) is 1. The molecule has 0 radical (unpaired) electrons. The Morgan fingerprint density at radius 1 is 1.32 bits per heavy atom. The molecule has 1 fully saturated rings. The Morgan fingerprint density at radius 3 is 2.64 bits per heavy atom. The summed E-state index contributed by atoms with van der Waals surface area (Å²) in [4.78, 5) is 25.0. The number of benzene rings is 1. The minimum Gasteiger partial charge on any atom is -0.367 e. The van der Waals surface area contributed by atoms with E-state index in [0.29, 0.717) is 13.1 Å². The SMILES string of the molecule is CC1CN(C(=O)CNC(=O)CN)CC(c2ccccc2)O1.Cl. The summed E-state index contributed by atoms with van der Waals surface area (Å²) in [7, 11) is 0. The van der Waals surface area contributed by atoms with E-state index in [1.54, 1.807) is 4.90 Å². The van der Waals surface area contributed by atoms with Gasteiger partial charge in [-0.15, -0.1) is 12.4 Å². The number of amides is 2. The second kappa shape index (κ2) is 8.73. The molecule has 0 aliphatic carbocycles. The number of nitrogens with two attached hydrogens (primary N) is 1. The molecule has 6 nitrogen and oxygen atoms in total. The fourth-order valence-corrected chi connectivity index (χ4v) is 2.37. The molecular formula is C15H22ClN3O3. The van der Waals surface area contributed by atoms with Crippen molar-refractivity contribution >= 4 is 24.2 Å². The fourth-order valence-electron chi connectivity index (χ4n) is 2.37. The van der Waals surface area contributed by atoms with Gasteiger partial charge < -0.3 is 20.7 Å². The predicted octanol–water partition coefficient (Wildman–Crippen LogP) is 0.472. The summed E-state index contributed by atoms with van der Waals surface area (Å²) in [6.45, 7) is 2.82. The van der Waals surface area contributed by atoms with Crippen LogP contribution in [0.4, 0.5) is 0 Å². The maximum Gasteiger partial charge on any atom is 0.242 e. The first-order valence-corrected chi connectivity index (χ1v) is 7.05. The Hall–Kier alpha value is -1.63. The zero-order chi connectivity index (χ0) is 15.2. The highest BCUT2D eigenvalue weighted by Crippen LogP contribution is 2.24. The Balaban J connectivity index is 0.00000242. The van der Waals surface area contributed by atoms with Gasteiger partial charge in [0, 0.05) is 6.54 Å². The van der Waals surface area contributed by atoms with Crippen LogP contribution < -0.4 is 11.1 Å². The molecule has 1 aromatic carbocycles. The maximum atomic E-state index is 12.2. The van der Waals surface area contributed by atoms with Gasteiger partial charge in [-0.1, -0.05) is 30.3 Å². The molecule has 1 heterocycles. The standard InChI is InChI=1S/C15H21N3O3.ClH/c1-11-9-18(15(20)8-17-14(19)7-16)10-13(21-11)12-5-3-2-4-6-12;/h2-6,11,13H,7-10,16H2,1H3,(H,17,19);1H. The van der Waals surface area contributed by atoms with Crippen molar-refractivity contribution in [3.8, 4) is 0 Å². The van der Waals surface area contributed by atoms with E-state index < -0.39 is 0 Å². The van der Waals surface area contributed by atoms with Gasteiger partial charge in [0.2, 0.25) is 11.8 Å². The van der Waals surface area contributed by atoms with E-state index in [-0.39, 0.29) is 49.5 Å². The van der Waals surface area contributed by atoms with Crippen molar-refractivity contribution in [2.24, 2.45) is 5.73 Å². The third-order valence-electron chi connectivity index (χ3n) is 3.41. The molecule has 0 saturated carbocycles. The normalized spacial score (nSPS) is 20.9. The van der Waals surface area contributed by atoms with Crippen LogP contribution in [0, 0.1) is 0 Å². The highest BCUT2D eigenvalue weighted by Gasteiger charge is 2.29. The molecule has 0 spiro atoms. The third kappa shape index (κ3) is 4.98. The summed E-state index contributed by atoms with van der Waals surface area (Å²) in [5, 5.41) is 2.50. The molecule has 0 aromatic heterocycles. The lowest BCUT2D eigenvalue weighted by Crippen LogP contribution is -2.49. The number of hydrogen-bond acceptors (Lipinski definition) is 4. The van der Waals surface area contributed by atoms with E-state index in [1.807, 2.05) is 37.3 Å². The number of halogens is 1. The minimum absolute atomic E-state index is 0. The van der Waals surface area contributed by atoms with Crippen molar-refractivity contribution in [2.45, 2.75) is 19.1 Å². The summed E-state index contributed by atoms with van der Waals surface area (Å²) in [6.07, 6.45) is -0.178. The van der Waals surface area contributed by atoms with Gasteiger partial charge in [0.25, 0.3) is 0 Å². The molecule has 22 heavy (non-hydrogen) atoms. The van der Waals surface area contributed by atoms with Gasteiger partial charge in [-0.05, 0) is 12.5 Å². The van der Waals surface area contributed by atoms with Crippen molar-refractivity contribution in [3.05, 3.63) is 35.9 Å². The van der Waals surface area contributed by atoms with Gasteiger partial charge in [-0.2, -0.15) is 0 Å². The Morgan fingerprint density at radius 2 is 2.00 bits per heavy atom. The number of morpholine rings is 1. The number of ether oxygens (including phenoxy) is 1. The number of nitrogens with zero attached hydrogens (tertiary/aromatic N) is 1. The first kappa shape index (κ1) is 18.4. The summed E-state index contributed by atoms with van der Waals surface area (Å²) >= 11 is 0. The van der Waals surface area contributed by atoms with Gasteiger partial charge in [0.05, 0.1) is 25.7 Å². The molecular weight excluding hydrogens is 306 g/mol. The van der Waals surface area contributed by atoms with Crippen LogP contribution in [0.2, 0.25) is 0 Å². The molecule has 2 amide bonds. The van der Waals surface area contributed by atoms with E-state index in [4.69, 9.17) is 10.5 Å². The molecule has 3 N–H and O–H groups in total. The smallest absolute Gasteiger partial charge is 0.242 e. The molecule has 0 bridgehead atoms. The van der Waals surface area contributed by atoms with Crippen LogP contribution >= 0.6 is 12.4 Å². The van der Waals surface area contributed by atoms with Gasteiger partial charge in [-0.25, -0.2) is 0 Å². The molecule has 1 saturated heterocycles. The van der Waals surface area contributed by atoms with E-state index in [1.165, 1.54) is 0 Å². The van der Waals surface area contributed by atoms with Crippen LogP contribution in [0.15, 0.2) is 30.3 Å². The van der Waals surface area contributed by atoms with Crippen LogP contribution in [0.25, 0.3) is 0 Å². The van der Waals surface area contributed by atoms with Crippen molar-refractivity contribution in [3.63, 3.8) is 0 Å². The summed E-state index contributed by atoms with van der Waals surface area (Å²) in [5.74, 6) is -0.447. The van der Waals surface area contributed by atoms with Crippen LogP contribution in [0.5, 0.6) is 0 Å². The predicted molar refractivity (Wildman–Crippen MR) is 85.6 cm³/mol. The van der Waals surface area contributed by atoms with Crippen LogP contribution in [0.1, 0.15) is 18.6 Å². The van der Waals surface area contributed by atoms with Gasteiger partial charge in [0.1, 0.15) is 6.10 Å². The highest BCUT2D eigenvalue weighted by atomic mass is 35.5. The topological polar surface area (TPSA) is 84.7 Å². The van der Waals surface area contributed by atoms with Gasteiger partial charge >= 0.3 is 0 Å². The monoisotopic (exact) mass is 327 g/mol. The maximum absolute atomic E-state index is 12.2. The summed E-state index contributed by atoms with van der Waals surface area (Å²) in [5.41, 5.74) is 6.25. The second-order valence-electron chi connectivity index (χ2n) is 5.13. The summed E-state index contributed by atoms with van der Waals surface area (Å²) in [6, 6.07) is 9.82. The average molecular weight is 328 g/mol. The average Bonchev–Trinajstić information content (AvgIpc) is 2.52. The van der Waals surface area contributed by atoms with E-state index in [2.05, 4.69) is 5.32 Å². The Kier molecular flexibility index (Phi) is 7.31. The van der Waals surface area contributed by atoms with Crippen LogP contribution in [0.3, 0.4) is 0 Å². The molecule has 1 aliphatic rings. The van der Waals surface area contributed by atoms with E-state index >= 15 is 0 Å². The third-order valence-corrected chi connectivity index (χ3v) is 3.41. The van der Waals surface area contributed by atoms with Crippen LogP contribution in [-0.4, -0.2) is 49.0 Å². The zero-order valence-corrected chi connectivity index (χ0v) is 13.3. The van der Waals surface area contributed by atoms with Crippen molar-refractivity contribution in [1.29, 1.82) is 0 Å². The fraction of sp³-hybridized carbons (Fsp3) is 0.467.